The van der Waals surface area contributed by atoms with Gasteiger partial charge in [0.1, 0.15) is 5.60 Å². The molecule has 0 bridgehead atoms. The van der Waals surface area contributed by atoms with Crippen LogP contribution in [0.3, 0.4) is 0 Å². The molecule has 0 aromatic carbocycles. The first-order valence-corrected chi connectivity index (χ1v) is 9.55. The number of hydrogen-bond donors (Lipinski definition) is 3. The molecule has 2 aliphatic rings. The number of rotatable bonds is 5. The van der Waals surface area contributed by atoms with Crippen LogP contribution >= 0.6 is 24.0 Å². The van der Waals surface area contributed by atoms with Gasteiger partial charge < -0.3 is 20.7 Å². The first-order chi connectivity index (χ1) is 11.9. The van der Waals surface area contributed by atoms with Gasteiger partial charge in [-0.3, -0.25) is 9.89 Å². The van der Waals surface area contributed by atoms with Crippen molar-refractivity contribution in [1.29, 1.82) is 0 Å². The Morgan fingerprint density at radius 2 is 1.81 bits per heavy atom. The second-order valence-corrected chi connectivity index (χ2v) is 7.99. The van der Waals surface area contributed by atoms with E-state index in [0.717, 1.165) is 25.0 Å². The summed E-state index contributed by atoms with van der Waals surface area (Å²) in [6, 6.07) is 1.24. The number of carbonyl (C=O) groups is 1. The maximum absolute atomic E-state index is 11.6. The molecule has 1 saturated heterocycles. The summed E-state index contributed by atoms with van der Waals surface area (Å²) < 4.78 is 5.21. The van der Waals surface area contributed by atoms with Crippen molar-refractivity contribution in [2.24, 2.45) is 4.99 Å². The van der Waals surface area contributed by atoms with Gasteiger partial charge in [-0.1, -0.05) is 12.8 Å². The summed E-state index contributed by atoms with van der Waals surface area (Å²) >= 11 is 0. The van der Waals surface area contributed by atoms with E-state index in [9.17, 15) is 4.79 Å². The molecule has 26 heavy (non-hydrogen) atoms. The second-order valence-electron chi connectivity index (χ2n) is 7.99. The predicted octanol–water partition coefficient (Wildman–Crippen LogP) is 2.31. The lowest BCUT2D eigenvalue weighted by atomic mass is 10.2. The fourth-order valence-electron chi connectivity index (χ4n) is 3.55. The van der Waals surface area contributed by atoms with Gasteiger partial charge in [0.25, 0.3) is 0 Å². The third kappa shape index (κ3) is 8.28. The minimum Gasteiger partial charge on any atom is -0.444 e. The fourth-order valence-corrected chi connectivity index (χ4v) is 3.55. The average molecular weight is 481 g/mol. The molecule has 152 valence electrons. The minimum absolute atomic E-state index is 0. The van der Waals surface area contributed by atoms with Crippen molar-refractivity contribution in [2.75, 3.05) is 33.2 Å². The number of guanidine groups is 1. The van der Waals surface area contributed by atoms with Gasteiger partial charge in [-0.15, -0.1) is 24.0 Å². The predicted molar refractivity (Wildman–Crippen MR) is 116 cm³/mol. The van der Waals surface area contributed by atoms with Gasteiger partial charge in [0.05, 0.1) is 0 Å². The van der Waals surface area contributed by atoms with E-state index < -0.39 is 5.60 Å². The molecule has 1 amide bonds. The van der Waals surface area contributed by atoms with E-state index in [0.29, 0.717) is 19.1 Å². The molecule has 0 aromatic rings. The zero-order valence-electron chi connectivity index (χ0n) is 16.6. The Balaban J connectivity index is 0.00000338. The van der Waals surface area contributed by atoms with E-state index in [-0.39, 0.29) is 30.1 Å². The normalized spacial score (nSPS) is 22.0. The maximum atomic E-state index is 11.6. The third-order valence-corrected chi connectivity index (χ3v) is 4.71. The SMILES string of the molecule is CN=C(NCCNC(=O)OC(C)(C)C)NC1CCN(C2CCCC2)C1.I. The number of aliphatic imine (C=N–C) groups is 1. The van der Waals surface area contributed by atoms with Crippen LogP contribution in [0.1, 0.15) is 52.9 Å². The molecule has 0 radical (unpaired) electrons. The van der Waals surface area contributed by atoms with Crippen LogP contribution in [0, 0.1) is 0 Å². The van der Waals surface area contributed by atoms with Crippen molar-refractivity contribution < 1.29 is 9.53 Å². The highest BCUT2D eigenvalue weighted by atomic mass is 127. The number of nitrogens with one attached hydrogen (secondary N) is 3. The van der Waals surface area contributed by atoms with Crippen molar-refractivity contribution in [1.82, 2.24) is 20.9 Å². The van der Waals surface area contributed by atoms with Crippen LogP contribution in [0.25, 0.3) is 0 Å². The lowest BCUT2D eigenvalue weighted by Crippen LogP contribution is -2.47. The zero-order valence-corrected chi connectivity index (χ0v) is 19.0. The number of likely N-dealkylation sites (tertiary alicyclic amines) is 1. The topological polar surface area (TPSA) is 78.0 Å². The van der Waals surface area contributed by atoms with E-state index in [1.807, 2.05) is 20.8 Å². The second kappa shape index (κ2) is 11.2. The first kappa shape index (κ1) is 23.3. The van der Waals surface area contributed by atoms with E-state index in [1.165, 1.54) is 32.2 Å². The molecule has 1 saturated carbocycles. The Kier molecular flexibility index (Phi) is 9.99. The van der Waals surface area contributed by atoms with Gasteiger partial charge >= 0.3 is 6.09 Å². The van der Waals surface area contributed by atoms with Gasteiger partial charge in [-0.25, -0.2) is 4.79 Å². The number of alkyl carbamates (subject to hydrolysis) is 1. The zero-order chi connectivity index (χ0) is 18.3. The molecule has 2 fully saturated rings. The van der Waals surface area contributed by atoms with Crippen LogP contribution < -0.4 is 16.0 Å². The lowest BCUT2D eigenvalue weighted by molar-refractivity contribution is 0.0529. The monoisotopic (exact) mass is 481 g/mol. The number of carbonyl (C=O) groups excluding carboxylic acids is 1. The molecule has 1 aliphatic heterocycles. The van der Waals surface area contributed by atoms with Gasteiger partial charge in [-0.2, -0.15) is 0 Å². The summed E-state index contributed by atoms with van der Waals surface area (Å²) in [5, 5.41) is 9.49. The lowest BCUT2D eigenvalue weighted by Gasteiger charge is -2.24. The molecular weight excluding hydrogens is 445 g/mol. The molecule has 7 nitrogen and oxygen atoms in total. The highest BCUT2D eigenvalue weighted by Crippen LogP contribution is 2.26. The van der Waals surface area contributed by atoms with Crippen LogP contribution in [0.4, 0.5) is 4.79 Å². The number of halogens is 1. The van der Waals surface area contributed by atoms with E-state index in [2.05, 4.69) is 25.8 Å². The average Bonchev–Trinajstić information content (AvgIpc) is 3.19. The quantitative estimate of drug-likeness (QED) is 0.243. The summed E-state index contributed by atoms with van der Waals surface area (Å²) in [6.45, 7) is 8.95. The minimum atomic E-state index is -0.469. The molecule has 1 atom stereocenters. The maximum Gasteiger partial charge on any atom is 0.407 e. The molecular formula is C18H36IN5O2. The van der Waals surface area contributed by atoms with Crippen molar-refractivity contribution in [2.45, 2.75) is 70.6 Å². The number of ether oxygens (including phenoxy) is 1. The van der Waals surface area contributed by atoms with Crippen LogP contribution in [0.2, 0.25) is 0 Å². The summed E-state index contributed by atoms with van der Waals surface area (Å²) in [4.78, 5) is 18.5. The Morgan fingerprint density at radius 1 is 1.15 bits per heavy atom. The molecule has 8 heteroatoms. The summed E-state index contributed by atoms with van der Waals surface area (Å²) in [5.41, 5.74) is -0.469. The summed E-state index contributed by atoms with van der Waals surface area (Å²) in [6.07, 6.45) is 6.25. The Labute approximate surface area is 175 Å². The molecule has 0 spiro atoms. The van der Waals surface area contributed by atoms with Gasteiger partial charge in [0.2, 0.25) is 0 Å². The van der Waals surface area contributed by atoms with Gasteiger partial charge in [0.15, 0.2) is 5.96 Å². The van der Waals surface area contributed by atoms with E-state index >= 15 is 0 Å². The summed E-state index contributed by atoms with van der Waals surface area (Å²) in [5.74, 6) is 0.796. The van der Waals surface area contributed by atoms with Crippen LogP contribution in [0.5, 0.6) is 0 Å². The number of nitrogens with zero attached hydrogens (tertiary/aromatic N) is 2. The Hall–Kier alpha value is -0.770. The van der Waals surface area contributed by atoms with Crippen molar-refractivity contribution in [3.05, 3.63) is 0 Å². The van der Waals surface area contributed by atoms with Crippen LogP contribution in [0.15, 0.2) is 4.99 Å². The molecule has 1 aliphatic carbocycles. The Morgan fingerprint density at radius 3 is 2.42 bits per heavy atom. The molecule has 1 unspecified atom stereocenters. The van der Waals surface area contributed by atoms with E-state index in [1.54, 1.807) is 7.05 Å². The van der Waals surface area contributed by atoms with E-state index in [4.69, 9.17) is 4.74 Å². The van der Waals surface area contributed by atoms with Crippen molar-refractivity contribution >= 4 is 36.0 Å². The Bertz CT molecular complexity index is 461. The smallest absolute Gasteiger partial charge is 0.407 e. The molecule has 3 N–H and O–H groups in total. The first-order valence-electron chi connectivity index (χ1n) is 9.55. The molecule has 1 heterocycles. The highest BCUT2D eigenvalue weighted by Gasteiger charge is 2.30. The van der Waals surface area contributed by atoms with Crippen LogP contribution in [-0.2, 0) is 4.74 Å². The van der Waals surface area contributed by atoms with Gasteiger partial charge in [0, 0.05) is 45.3 Å². The fraction of sp³-hybridized carbons (Fsp3) is 0.889. The van der Waals surface area contributed by atoms with Crippen molar-refractivity contribution in [3.8, 4) is 0 Å². The standard InChI is InChI=1S/C18H35N5O2.HI/c1-18(2,3)25-17(24)21-11-10-20-16(19-4)22-14-9-12-23(13-14)15-7-5-6-8-15;/h14-15H,5-13H2,1-4H3,(H,21,24)(H2,19,20,22);1H. The van der Waals surface area contributed by atoms with Gasteiger partial charge in [-0.05, 0) is 40.0 Å². The summed E-state index contributed by atoms with van der Waals surface area (Å²) in [7, 11) is 1.78. The van der Waals surface area contributed by atoms with Crippen LogP contribution in [-0.4, -0.2) is 67.9 Å². The molecule has 2 rings (SSSR count). The van der Waals surface area contributed by atoms with Crippen molar-refractivity contribution in [3.63, 3.8) is 0 Å². The largest absolute Gasteiger partial charge is 0.444 e. The third-order valence-electron chi connectivity index (χ3n) is 4.71. The number of amides is 1. The molecule has 0 aromatic heterocycles. The highest BCUT2D eigenvalue weighted by molar-refractivity contribution is 14.0. The number of hydrogen-bond acceptors (Lipinski definition) is 4.